The third-order valence-electron chi connectivity index (χ3n) is 14.1. The van der Waals surface area contributed by atoms with Gasteiger partial charge in [0.1, 0.15) is 42.7 Å². The number of hydrogen-bond acceptors (Lipinski definition) is 11. The molecular formula is C60H60BrN3O10Si. The van der Waals surface area contributed by atoms with Crippen LogP contribution in [-0.4, -0.2) is 88.9 Å². The van der Waals surface area contributed by atoms with Crippen molar-refractivity contribution < 1.29 is 47.1 Å². The first-order valence-corrected chi connectivity index (χ1v) is 28.0. The Kier molecular flexibility index (Phi) is 16.7. The quantitative estimate of drug-likeness (QED) is 0.0252. The van der Waals surface area contributed by atoms with Crippen LogP contribution in [0, 0.1) is 0 Å². The Morgan fingerprint density at radius 1 is 0.640 bits per heavy atom. The lowest BCUT2D eigenvalue weighted by Gasteiger charge is -2.49. The zero-order valence-corrected chi connectivity index (χ0v) is 44.6. The zero-order valence-electron chi connectivity index (χ0n) is 42.0. The van der Waals surface area contributed by atoms with E-state index in [1.165, 1.54) is 0 Å². The van der Waals surface area contributed by atoms with Crippen molar-refractivity contribution in [3.63, 3.8) is 0 Å². The van der Waals surface area contributed by atoms with E-state index in [0.717, 1.165) is 42.3 Å². The number of hydrogen-bond donors (Lipinski definition) is 0. The molecule has 0 aliphatic carbocycles. The molecule has 0 saturated carbocycles. The van der Waals surface area contributed by atoms with Crippen LogP contribution in [-0.2, 0) is 62.1 Å². The van der Waals surface area contributed by atoms with Crippen LogP contribution < -0.4 is 10.4 Å². The Labute approximate surface area is 446 Å². The molecule has 0 radical (unpaired) electrons. The number of fused-ring (bicyclic) bond motifs is 3. The number of carbonyl (C=O) groups excluding carboxylic acids is 1. The van der Waals surface area contributed by atoms with Crippen molar-refractivity contribution in [3.8, 4) is 0 Å². The van der Waals surface area contributed by atoms with E-state index in [1.807, 2.05) is 115 Å². The third-order valence-corrected chi connectivity index (χ3v) is 19.7. The zero-order chi connectivity index (χ0) is 51.8. The predicted molar refractivity (Wildman–Crippen MR) is 291 cm³/mol. The number of benzene rings is 7. The van der Waals surface area contributed by atoms with Crippen LogP contribution in [0.3, 0.4) is 0 Å². The summed E-state index contributed by atoms with van der Waals surface area (Å²) in [6.07, 6.45) is -8.70. The lowest BCUT2D eigenvalue weighted by atomic mass is 9.95. The maximum Gasteiger partial charge on any atom is 0.338 e. The number of halogens is 1. The smallest absolute Gasteiger partial charge is 0.338 e. The van der Waals surface area contributed by atoms with Crippen molar-refractivity contribution in [2.75, 3.05) is 13.2 Å². The minimum Gasteiger partial charge on any atom is -0.450 e. The maximum absolute atomic E-state index is 13.9. The van der Waals surface area contributed by atoms with Crippen LogP contribution in [0.15, 0.2) is 198 Å². The predicted octanol–water partition coefficient (Wildman–Crippen LogP) is 11.0. The second-order valence-electron chi connectivity index (χ2n) is 20.0. The van der Waals surface area contributed by atoms with E-state index >= 15 is 0 Å². The highest BCUT2D eigenvalue weighted by Crippen LogP contribution is 2.41. The van der Waals surface area contributed by atoms with Gasteiger partial charge in [-0.2, -0.15) is 0 Å². The summed E-state index contributed by atoms with van der Waals surface area (Å²) in [5.74, 6) is -0.584. The summed E-state index contributed by atoms with van der Waals surface area (Å²) < 4.78 is 62.9. The summed E-state index contributed by atoms with van der Waals surface area (Å²) in [5, 5.41) is 8.39. The van der Waals surface area contributed by atoms with Crippen LogP contribution in [0.25, 0.3) is 21.2 Å². The number of azide groups is 1. The Morgan fingerprint density at radius 2 is 1.20 bits per heavy atom. The first-order chi connectivity index (χ1) is 36.6. The second kappa shape index (κ2) is 23.9. The molecule has 0 spiro atoms. The van der Waals surface area contributed by atoms with Gasteiger partial charge in [-0.25, -0.2) is 4.79 Å². The Hall–Kier alpha value is -6.04. The van der Waals surface area contributed by atoms with Gasteiger partial charge < -0.3 is 42.3 Å². The van der Waals surface area contributed by atoms with Crippen molar-refractivity contribution >= 4 is 51.4 Å². The standard InChI is InChI=1S/C60H60BrN3O10Si/c1-60(2,3)75(47-24-12-6-13-25-47,48-26-14-7-15-27-48)70-39-50-52(66-37-42-28-31-43-20-16-17-23-45(43)34-42)54(67-36-41-29-32-46(61)33-30-41)51(63-64-62)58(71-50)74-53-49-38-69-59(72-49)56(73-57(65)44-21-10-5-11-22-44)55(53)68-35-40-18-8-4-9-19-40/h4-34,49-56,58-59H,35-39H2,1-3H3/t49-,50+,51+,52+,53+,54+,55-,56+,58+,59-/m0/s1. The van der Waals surface area contributed by atoms with Gasteiger partial charge in [0.2, 0.25) is 0 Å². The van der Waals surface area contributed by atoms with Gasteiger partial charge in [0, 0.05) is 9.38 Å². The first-order valence-electron chi connectivity index (χ1n) is 25.3. The summed E-state index contributed by atoms with van der Waals surface area (Å²) in [6, 6.07) is 60.3. The molecule has 3 fully saturated rings. The highest BCUT2D eigenvalue weighted by atomic mass is 79.9. The monoisotopic (exact) mass is 1090 g/mol. The average Bonchev–Trinajstić information content (AvgIpc) is 3.88. The summed E-state index contributed by atoms with van der Waals surface area (Å²) in [4.78, 5) is 17.3. The number of ether oxygens (including phenoxy) is 8. The fourth-order valence-electron chi connectivity index (χ4n) is 10.5. The third kappa shape index (κ3) is 11.8. The lowest BCUT2D eigenvalue weighted by Crippen LogP contribution is -2.68. The molecule has 3 saturated heterocycles. The summed E-state index contributed by atoms with van der Waals surface area (Å²) in [6.45, 7) is 7.23. The van der Waals surface area contributed by atoms with Crippen molar-refractivity contribution in [1.82, 2.24) is 0 Å². The van der Waals surface area contributed by atoms with Gasteiger partial charge in [-0.15, -0.1) is 0 Å². The fraction of sp³-hybridized carbons (Fsp3) is 0.317. The Bertz CT molecular complexity index is 2980. The van der Waals surface area contributed by atoms with E-state index < -0.39 is 75.6 Å². The Morgan fingerprint density at radius 3 is 1.85 bits per heavy atom. The lowest BCUT2D eigenvalue weighted by molar-refractivity contribution is -0.326. The van der Waals surface area contributed by atoms with E-state index in [2.05, 4.69) is 95.3 Å². The van der Waals surface area contributed by atoms with Gasteiger partial charge in [-0.1, -0.05) is 200 Å². The largest absolute Gasteiger partial charge is 0.450 e. The van der Waals surface area contributed by atoms with E-state index in [1.54, 1.807) is 24.3 Å². The molecule has 0 aromatic heterocycles. The molecule has 7 aromatic rings. The molecule has 3 heterocycles. The highest BCUT2D eigenvalue weighted by Gasteiger charge is 2.58. The van der Waals surface area contributed by atoms with Gasteiger partial charge in [-0.05, 0) is 78.7 Å². The Balaban J connectivity index is 1.06. The number of rotatable bonds is 19. The maximum atomic E-state index is 13.9. The van der Waals surface area contributed by atoms with Crippen LogP contribution >= 0.6 is 15.9 Å². The van der Waals surface area contributed by atoms with Crippen molar-refractivity contribution in [1.29, 1.82) is 0 Å². The van der Waals surface area contributed by atoms with E-state index in [0.29, 0.717) is 5.56 Å². The minimum atomic E-state index is -3.20. The summed E-state index contributed by atoms with van der Waals surface area (Å²) >= 11 is 3.57. The van der Waals surface area contributed by atoms with Crippen LogP contribution in [0.5, 0.6) is 0 Å². The fourth-order valence-corrected chi connectivity index (χ4v) is 15.3. The van der Waals surface area contributed by atoms with Crippen molar-refractivity contribution in [2.45, 2.75) is 107 Å². The van der Waals surface area contributed by atoms with Crippen LogP contribution in [0.1, 0.15) is 47.8 Å². The van der Waals surface area contributed by atoms with E-state index in [-0.39, 0.29) is 38.1 Å². The number of nitrogens with zero attached hydrogens (tertiary/aromatic N) is 3. The van der Waals surface area contributed by atoms with Crippen LogP contribution in [0.2, 0.25) is 5.04 Å². The average molecular weight is 1090 g/mol. The molecule has 10 rings (SSSR count). The molecule has 2 bridgehead atoms. The molecule has 0 unspecified atom stereocenters. The topological polar surface area (TPSA) is 149 Å². The minimum absolute atomic E-state index is 0.0255. The van der Waals surface area contributed by atoms with Crippen molar-refractivity contribution in [3.05, 3.63) is 225 Å². The summed E-state index contributed by atoms with van der Waals surface area (Å²) in [5.41, 5.74) is 13.5. The van der Waals surface area contributed by atoms with Gasteiger partial charge in [0.05, 0.1) is 38.6 Å². The molecule has 3 aliphatic rings. The normalized spacial score (nSPS) is 24.6. The molecule has 75 heavy (non-hydrogen) atoms. The van der Waals surface area contributed by atoms with E-state index in [9.17, 15) is 10.3 Å². The molecule has 386 valence electrons. The molecule has 0 amide bonds. The van der Waals surface area contributed by atoms with Gasteiger partial charge in [-0.3, -0.25) is 0 Å². The first kappa shape index (κ1) is 52.4. The molecule has 15 heteroatoms. The molecule has 13 nitrogen and oxygen atoms in total. The van der Waals surface area contributed by atoms with Gasteiger partial charge >= 0.3 is 5.97 Å². The second-order valence-corrected chi connectivity index (χ2v) is 25.3. The van der Waals surface area contributed by atoms with Gasteiger partial charge in [0.25, 0.3) is 8.32 Å². The summed E-state index contributed by atoms with van der Waals surface area (Å²) in [7, 11) is -3.20. The van der Waals surface area contributed by atoms with Crippen molar-refractivity contribution in [2.24, 2.45) is 5.11 Å². The SMILES string of the molecule is CC(C)(C)[Si](OC[C@H]1O[C@H](O[C@H]2[C@H](OCc3ccccc3)[C@@H](OC(=O)c3ccccc3)[C@H]3OC[C@@H]2O3)[C@H](N=[N+]=[N-])[C@@H](OCc2ccc(Br)cc2)[C@@H]1OCc1ccc2ccccc2c1)(c1ccccc1)c1ccccc1. The molecule has 10 atom stereocenters. The molecule has 0 N–H and O–H groups in total. The highest BCUT2D eigenvalue weighted by molar-refractivity contribution is 9.10. The number of carbonyl (C=O) groups is 1. The molecule has 7 aromatic carbocycles. The number of esters is 1. The van der Waals surface area contributed by atoms with Gasteiger partial charge in [0.15, 0.2) is 18.7 Å². The van der Waals surface area contributed by atoms with Crippen LogP contribution in [0.4, 0.5) is 0 Å². The van der Waals surface area contributed by atoms with E-state index in [4.69, 9.17) is 42.3 Å². The molecular weight excluding hydrogens is 1030 g/mol. The molecule has 3 aliphatic heterocycles.